The van der Waals surface area contributed by atoms with E-state index < -0.39 is 17.5 Å². The number of hydrogen-bond acceptors (Lipinski definition) is 3. The van der Waals surface area contributed by atoms with Crippen molar-refractivity contribution >= 4 is 0 Å². The summed E-state index contributed by atoms with van der Waals surface area (Å²) in [7, 11) is 0. The smallest absolute Gasteiger partial charge is 0.416 e. The van der Waals surface area contributed by atoms with Crippen LogP contribution in [0.2, 0.25) is 0 Å². The van der Waals surface area contributed by atoms with Gasteiger partial charge in [0.25, 0.3) is 0 Å². The van der Waals surface area contributed by atoms with Gasteiger partial charge in [0, 0.05) is 23.8 Å². The standard InChI is InChI=1S/C16H17F3O3/c17-16(18,19)11-1-2-12-13(9-11)20-10-14(12)3-5-15(6-4-14)21-7-8-22-15/h1-2,9H,3-8,10H2. The Kier molecular flexibility index (Phi) is 3.01. The summed E-state index contributed by atoms with van der Waals surface area (Å²) in [5.41, 5.74) is 0.0476. The van der Waals surface area contributed by atoms with Crippen molar-refractivity contribution in [2.24, 2.45) is 0 Å². The fraction of sp³-hybridized carbons (Fsp3) is 0.625. The zero-order chi connectivity index (χ0) is 15.4. The van der Waals surface area contributed by atoms with Crippen LogP contribution in [-0.2, 0) is 21.1 Å². The van der Waals surface area contributed by atoms with Gasteiger partial charge < -0.3 is 14.2 Å². The molecule has 0 bridgehead atoms. The lowest BCUT2D eigenvalue weighted by atomic mass is 9.69. The highest BCUT2D eigenvalue weighted by atomic mass is 19.4. The van der Waals surface area contributed by atoms with E-state index in [4.69, 9.17) is 14.2 Å². The summed E-state index contributed by atoms with van der Waals surface area (Å²) < 4.78 is 55.5. The Morgan fingerprint density at radius 2 is 1.64 bits per heavy atom. The number of fused-ring (bicyclic) bond motifs is 2. The van der Waals surface area contributed by atoms with Gasteiger partial charge in [-0.1, -0.05) is 6.07 Å². The van der Waals surface area contributed by atoms with Crippen molar-refractivity contribution < 1.29 is 27.4 Å². The number of ether oxygens (including phenoxy) is 3. The lowest BCUT2D eigenvalue weighted by Gasteiger charge is -2.40. The van der Waals surface area contributed by atoms with Crippen LogP contribution in [0.3, 0.4) is 0 Å². The molecule has 2 aliphatic heterocycles. The Morgan fingerprint density at radius 3 is 2.27 bits per heavy atom. The van der Waals surface area contributed by atoms with Gasteiger partial charge in [0.15, 0.2) is 5.79 Å². The minimum atomic E-state index is -4.34. The normalized spacial score (nSPS) is 25.4. The molecular weight excluding hydrogens is 297 g/mol. The van der Waals surface area contributed by atoms with E-state index in [-0.39, 0.29) is 5.41 Å². The van der Waals surface area contributed by atoms with E-state index in [1.807, 2.05) is 0 Å². The van der Waals surface area contributed by atoms with Gasteiger partial charge in [-0.25, -0.2) is 0 Å². The second kappa shape index (κ2) is 4.61. The van der Waals surface area contributed by atoms with Gasteiger partial charge in [-0.3, -0.25) is 0 Å². The van der Waals surface area contributed by atoms with Crippen LogP contribution >= 0.6 is 0 Å². The predicted octanol–water partition coefficient (Wildman–Crippen LogP) is 3.65. The summed E-state index contributed by atoms with van der Waals surface area (Å²) in [6.07, 6.45) is -1.19. The molecule has 3 nitrogen and oxygen atoms in total. The predicted molar refractivity (Wildman–Crippen MR) is 71.7 cm³/mol. The number of halogens is 3. The highest BCUT2D eigenvalue weighted by molar-refractivity contribution is 5.47. The molecule has 0 atom stereocenters. The minimum absolute atomic E-state index is 0.194. The molecule has 22 heavy (non-hydrogen) atoms. The van der Waals surface area contributed by atoms with Crippen LogP contribution in [0.15, 0.2) is 18.2 Å². The summed E-state index contributed by atoms with van der Waals surface area (Å²) in [6.45, 7) is 1.68. The summed E-state index contributed by atoms with van der Waals surface area (Å²) in [5, 5.41) is 0. The van der Waals surface area contributed by atoms with E-state index in [0.29, 0.717) is 25.6 Å². The molecule has 4 rings (SSSR count). The first-order valence-corrected chi connectivity index (χ1v) is 7.55. The average Bonchev–Trinajstić information content (AvgIpc) is 3.08. The minimum Gasteiger partial charge on any atom is -0.492 e. The molecule has 0 unspecified atom stereocenters. The lowest BCUT2D eigenvalue weighted by Crippen LogP contribution is -2.42. The summed E-state index contributed by atoms with van der Waals surface area (Å²) in [5.74, 6) is -0.0982. The lowest BCUT2D eigenvalue weighted by molar-refractivity contribution is -0.185. The van der Waals surface area contributed by atoms with Crippen molar-refractivity contribution in [3.05, 3.63) is 29.3 Å². The third-order valence-corrected chi connectivity index (χ3v) is 5.17. The van der Waals surface area contributed by atoms with Gasteiger partial charge in [-0.2, -0.15) is 13.2 Å². The Labute approximate surface area is 126 Å². The molecule has 1 saturated heterocycles. The quantitative estimate of drug-likeness (QED) is 0.731. The molecule has 0 aromatic heterocycles. The van der Waals surface area contributed by atoms with E-state index in [1.165, 1.54) is 0 Å². The third kappa shape index (κ3) is 2.12. The molecule has 0 amide bonds. The van der Waals surface area contributed by atoms with Gasteiger partial charge in [-0.05, 0) is 25.0 Å². The number of hydrogen-bond donors (Lipinski definition) is 0. The summed E-state index contributed by atoms with van der Waals surface area (Å²) in [4.78, 5) is 0. The van der Waals surface area contributed by atoms with Crippen molar-refractivity contribution in [1.82, 2.24) is 0 Å². The SMILES string of the molecule is FC(F)(F)c1ccc2c(c1)OCC21CCC2(CC1)OCCO2. The van der Waals surface area contributed by atoms with Crippen molar-refractivity contribution in [3.63, 3.8) is 0 Å². The van der Waals surface area contributed by atoms with E-state index in [2.05, 4.69) is 0 Å². The molecule has 1 aromatic rings. The molecule has 6 heteroatoms. The fourth-order valence-corrected chi connectivity index (χ4v) is 3.86. The van der Waals surface area contributed by atoms with Crippen molar-refractivity contribution in [1.29, 1.82) is 0 Å². The Balaban J connectivity index is 1.60. The molecule has 2 heterocycles. The fourth-order valence-electron chi connectivity index (χ4n) is 3.86. The number of rotatable bonds is 0. The Hall–Kier alpha value is -1.27. The molecule has 1 aromatic carbocycles. The van der Waals surface area contributed by atoms with E-state index in [1.54, 1.807) is 6.07 Å². The van der Waals surface area contributed by atoms with Crippen molar-refractivity contribution in [2.45, 2.75) is 43.1 Å². The van der Waals surface area contributed by atoms with Crippen LogP contribution in [-0.4, -0.2) is 25.6 Å². The number of alkyl halides is 3. The largest absolute Gasteiger partial charge is 0.492 e. The first-order valence-electron chi connectivity index (χ1n) is 7.55. The molecule has 3 aliphatic rings. The van der Waals surface area contributed by atoms with Gasteiger partial charge in [0.1, 0.15) is 5.75 Å². The molecule has 1 aliphatic carbocycles. The van der Waals surface area contributed by atoms with Crippen LogP contribution in [0.1, 0.15) is 36.8 Å². The molecular formula is C16H17F3O3. The first kappa shape index (κ1) is 14.3. The second-order valence-corrected chi connectivity index (χ2v) is 6.39. The highest BCUT2D eigenvalue weighted by Gasteiger charge is 2.50. The topological polar surface area (TPSA) is 27.7 Å². The van der Waals surface area contributed by atoms with Crippen LogP contribution < -0.4 is 4.74 Å². The highest BCUT2D eigenvalue weighted by Crippen LogP contribution is 2.52. The molecule has 120 valence electrons. The molecule has 0 N–H and O–H groups in total. The van der Waals surface area contributed by atoms with Crippen LogP contribution in [0, 0.1) is 0 Å². The van der Waals surface area contributed by atoms with Crippen molar-refractivity contribution in [3.8, 4) is 5.75 Å². The summed E-state index contributed by atoms with van der Waals surface area (Å²) in [6, 6.07) is 3.86. The van der Waals surface area contributed by atoms with Gasteiger partial charge in [0.2, 0.25) is 0 Å². The zero-order valence-corrected chi connectivity index (χ0v) is 12.0. The van der Waals surface area contributed by atoms with Crippen molar-refractivity contribution in [2.75, 3.05) is 19.8 Å². The van der Waals surface area contributed by atoms with Crippen LogP contribution in [0.25, 0.3) is 0 Å². The second-order valence-electron chi connectivity index (χ2n) is 6.39. The Bertz CT molecular complexity index is 581. The molecule has 0 radical (unpaired) electrons. The summed E-state index contributed by atoms with van der Waals surface area (Å²) >= 11 is 0. The number of benzene rings is 1. The monoisotopic (exact) mass is 314 g/mol. The molecule has 2 fully saturated rings. The van der Waals surface area contributed by atoms with E-state index in [0.717, 1.165) is 43.4 Å². The zero-order valence-electron chi connectivity index (χ0n) is 12.0. The average molecular weight is 314 g/mol. The maximum atomic E-state index is 12.8. The van der Waals surface area contributed by atoms with Crippen LogP contribution in [0.5, 0.6) is 5.75 Å². The van der Waals surface area contributed by atoms with E-state index in [9.17, 15) is 13.2 Å². The van der Waals surface area contributed by atoms with Gasteiger partial charge in [-0.15, -0.1) is 0 Å². The maximum Gasteiger partial charge on any atom is 0.416 e. The first-order chi connectivity index (χ1) is 10.4. The third-order valence-electron chi connectivity index (χ3n) is 5.17. The Morgan fingerprint density at radius 1 is 0.955 bits per heavy atom. The molecule has 1 saturated carbocycles. The van der Waals surface area contributed by atoms with Gasteiger partial charge >= 0.3 is 6.18 Å². The van der Waals surface area contributed by atoms with Crippen LogP contribution in [0.4, 0.5) is 13.2 Å². The maximum absolute atomic E-state index is 12.8. The van der Waals surface area contributed by atoms with E-state index >= 15 is 0 Å². The van der Waals surface area contributed by atoms with Gasteiger partial charge in [0.05, 0.1) is 25.4 Å². The molecule has 2 spiro atoms.